The Morgan fingerprint density at radius 1 is 1.19 bits per heavy atom. The van der Waals surface area contributed by atoms with E-state index in [2.05, 4.69) is 24.1 Å². The second-order valence-corrected chi connectivity index (χ2v) is 6.33. The molecule has 0 spiro atoms. The average molecular weight is 290 g/mol. The highest BCUT2D eigenvalue weighted by molar-refractivity contribution is 5.29. The molecule has 0 aliphatic heterocycles. The Bertz CT molecular complexity index is 398. The lowest BCUT2D eigenvalue weighted by molar-refractivity contribution is 0.224. The van der Waals surface area contributed by atoms with Crippen molar-refractivity contribution in [3.63, 3.8) is 0 Å². The van der Waals surface area contributed by atoms with Crippen LogP contribution in [0.1, 0.15) is 50.6 Å². The van der Waals surface area contributed by atoms with E-state index in [4.69, 9.17) is 10.5 Å². The fourth-order valence-corrected chi connectivity index (χ4v) is 3.30. The van der Waals surface area contributed by atoms with Gasteiger partial charge in [0.05, 0.1) is 6.61 Å². The SMILES string of the molecule is CCOc1ccc(C(N)CN(C)CC2CCCCC2)cc1. The molecule has 1 fully saturated rings. The zero-order valence-corrected chi connectivity index (χ0v) is 13.6. The number of benzene rings is 1. The number of nitrogens with two attached hydrogens (primary N) is 1. The zero-order chi connectivity index (χ0) is 15.1. The van der Waals surface area contributed by atoms with Crippen molar-refractivity contribution in [3.05, 3.63) is 29.8 Å². The highest BCUT2D eigenvalue weighted by atomic mass is 16.5. The van der Waals surface area contributed by atoms with Crippen LogP contribution in [0.3, 0.4) is 0 Å². The van der Waals surface area contributed by atoms with E-state index >= 15 is 0 Å². The first-order chi connectivity index (χ1) is 10.2. The van der Waals surface area contributed by atoms with Gasteiger partial charge in [-0.1, -0.05) is 31.4 Å². The van der Waals surface area contributed by atoms with Crippen LogP contribution in [0.25, 0.3) is 0 Å². The third kappa shape index (κ3) is 5.33. The Hall–Kier alpha value is -1.06. The molecule has 2 rings (SSSR count). The molecule has 0 radical (unpaired) electrons. The minimum atomic E-state index is 0.0780. The van der Waals surface area contributed by atoms with Crippen molar-refractivity contribution < 1.29 is 4.74 Å². The van der Waals surface area contributed by atoms with Gasteiger partial charge in [-0.05, 0) is 50.4 Å². The fraction of sp³-hybridized carbons (Fsp3) is 0.667. The molecular weight excluding hydrogens is 260 g/mol. The predicted octanol–water partition coefficient (Wildman–Crippen LogP) is 3.60. The monoisotopic (exact) mass is 290 g/mol. The van der Waals surface area contributed by atoms with Crippen LogP contribution in [0.4, 0.5) is 0 Å². The third-order valence-corrected chi connectivity index (χ3v) is 4.42. The van der Waals surface area contributed by atoms with Gasteiger partial charge in [0, 0.05) is 19.1 Å². The largest absolute Gasteiger partial charge is 0.494 e. The molecule has 0 heterocycles. The molecule has 1 aliphatic carbocycles. The van der Waals surface area contributed by atoms with Crippen molar-refractivity contribution in [3.8, 4) is 5.75 Å². The smallest absolute Gasteiger partial charge is 0.119 e. The Balaban J connectivity index is 1.80. The van der Waals surface area contributed by atoms with E-state index in [0.717, 1.165) is 18.2 Å². The number of hydrogen-bond acceptors (Lipinski definition) is 3. The van der Waals surface area contributed by atoms with Gasteiger partial charge in [-0.3, -0.25) is 0 Å². The molecule has 1 aromatic rings. The third-order valence-electron chi connectivity index (χ3n) is 4.42. The van der Waals surface area contributed by atoms with Crippen molar-refractivity contribution >= 4 is 0 Å². The van der Waals surface area contributed by atoms with Gasteiger partial charge in [0.2, 0.25) is 0 Å². The quantitative estimate of drug-likeness (QED) is 0.834. The van der Waals surface area contributed by atoms with E-state index in [9.17, 15) is 0 Å². The van der Waals surface area contributed by atoms with Crippen LogP contribution >= 0.6 is 0 Å². The molecule has 0 bridgehead atoms. The molecule has 21 heavy (non-hydrogen) atoms. The highest BCUT2D eigenvalue weighted by Crippen LogP contribution is 2.24. The lowest BCUT2D eigenvalue weighted by atomic mass is 9.89. The summed E-state index contributed by atoms with van der Waals surface area (Å²) in [6.07, 6.45) is 7.02. The van der Waals surface area contributed by atoms with Crippen LogP contribution < -0.4 is 10.5 Å². The summed E-state index contributed by atoms with van der Waals surface area (Å²) in [5.74, 6) is 1.79. The van der Waals surface area contributed by atoms with Gasteiger partial charge in [0.15, 0.2) is 0 Å². The van der Waals surface area contributed by atoms with Crippen molar-refractivity contribution in [2.75, 3.05) is 26.7 Å². The first kappa shape index (κ1) is 16.3. The maximum absolute atomic E-state index is 6.34. The number of ether oxygens (including phenoxy) is 1. The summed E-state index contributed by atoms with van der Waals surface area (Å²) in [6, 6.07) is 8.28. The topological polar surface area (TPSA) is 38.5 Å². The fourth-order valence-electron chi connectivity index (χ4n) is 3.30. The average Bonchev–Trinajstić information content (AvgIpc) is 2.49. The minimum absolute atomic E-state index is 0.0780. The van der Waals surface area contributed by atoms with Gasteiger partial charge >= 0.3 is 0 Å². The van der Waals surface area contributed by atoms with Gasteiger partial charge in [0.25, 0.3) is 0 Å². The van der Waals surface area contributed by atoms with E-state index in [1.807, 2.05) is 19.1 Å². The van der Waals surface area contributed by atoms with Crippen molar-refractivity contribution in [2.45, 2.75) is 45.1 Å². The molecule has 3 heteroatoms. The number of nitrogens with zero attached hydrogens (tertiary/aromatic N) is 1. The Morgan fingerprint density at radius 2 is 1.86 bits per heavy atom. The maximum Gasteiger partial charge on any atom is 0.119 e. The van der Waals surface area contributed by atoms with E-state index in [-0.39, 0.29) is 6.04 Å². The molecule has 0 amide bonds. The maximum atomic E-state index is 6.34. The number of rotatable bonds is 7. The molecule has 1 aromatic carbocycles. The number of hydrogen-bond donors (Lipinski definition) is 1. The zero-order valence-electron chi connectivity index (χ0n) is 13.6. The first-order valence-corrected chi connectivity index (χ1v) is 8.36. The van der Waals surface area contributed by atoms with Crippen LogP contribution in [-0.2, 0) is 0 Å². The second-order valence-electron chi connectivity index (χ2n) is 6.33. The van der Waals surface area contributed by atoms with Crippen molar-refractivity contribution in [1.29, 1.82) is 0 Å². The first-order valence-electron chi connectivity index (χ1n) is 8.36. The second kappa shape index (κ2) is 8.40. The van der Waals surface area contributed by atoms with Crippen molar-refractivity contribution in [1.82, 2.24) is 4.90 Å². The summed E-state index contributed by atoms with van der Waals surface area (Å²) in [5, 5.41) is 0. The van der Waals surface area contributed by atoms with Crippen LogP contribution in [0, 0.1) is 5.92 Å². The summed E-state index contributed by atoms with van der Waals surface area (Å²) < 4.78 is 5.47. The highest BCUT2D eigenvalue weighted by Gasteiger charge is 2.17. The Kier molecular flexibility index (Phi) is 6.52. The minimum Gasteiger partial charge on any atom is -0.494 e. The molecule has 1 unspecified atom stereocenters. The van der Waals surface area contributed by atoms with Crippen LogP contribution in [0.2, 0.25) is 0 Å². The molecule has 1 aliphatic rings. The summed E-state index contributed by atoms with van der Waals surface area (Å²) in [7, 11) is 2.20. The molecule has 0 saturated heterocycles. The molecule has 0 aromatic heterocycles. The Morgan fingerprint density at radius 3 is 2.48 bits per heavy atom. The lowest BCUT2D eigenvalue weighted by Crippen LogP contribution is -2.33. The molecular formula is C18H30N2O. The number of likely N-dealkylation sites (N-methyl/N-ethyl adjacent to an activating group) is 1. The van der Waals surface area contributed by atoms with Gasteiger partial charge in [0.1, 0.15) is 5.75 Å². The van der Waals surface area contributed by atoms with Gasteiger partial charge in [-0.25, -0.2) is 0 Å². The summed E-state index contributed by atoms with van der Waals surface area (Å²) in [5.41, 5.74) is 7.53. The normalized spacial score (nSPS) is 17.9. The summed E-state index contributed by atoms with van der Waals surface area (Å²) in [4.78, 5) is 2.40. The standard InChI is InChI=1S/C18H30N2O/c1-3-21-17-11-9-16(10-12-17)18(19)14-20(2)13-15-7-5-4-6-8-15/h9-12,15,18H,3-8,13-14,19H2,1-2H3. The van der Waals surface area contributed by atoms with Crippen LogP contribution in [0.5, 0.6) is 5.75 Å². The Labute approximate surface area is 129 Å². The van der Waals surface area contributed by atoms with Gasteiger partial charge < -0.3 is 15.4 Å². The van der Waals surface area contributed by atoms with Gasteiger partial charge in [-0.15, -0.1) is 0 Å². The molecule has 2 N–H and O–H groups in total. The molecule has 3 nitrogen and oxygen atoms in total. The summed E-state index contributed by atoms with van der Waals surface area (Å²) in [6.45, 7) is 4.81. The van der Waals surface area contributed by atoms with Crippen molar-refractivity contribution in [2.24, 2.45) is 11.7 Å². The van der Waals surface area contributed by atoms with Crippen LogP contribution in [0.15, 0.2) is 24.3 Å². The van der Waals surface area contributed by atoms with E-state index in [1.165, 1.54) is 44.2 Å². The lowest BCUT2D eigenvalue weighted by Gasteiger charge is -2.28. The summed E-state index contributed by atoms with van der Waals surface area (Å²) >= 11 is 0. The molecule has 1 saturated carbocycles. The van der Waals surface area contributed by atoms with E-state index < -0.39 is 0 Å². The van der Waals surface area contributed by atoms with Crippen LogP contribution in [-0.4, -0.2) is 31.6 Å². The molecule has 1 atom stereocenters. The predicted molar refractivity (Wildman–Crippen MR) is 88.6 cm³/mol. The van der Waals surface area contributed by atoms with E-state index in [0.29, 0.717) is 6.61 Å². The van der Waals surface area contributed by atoms with E-state index in [1.54, 1.807) is 0 Å². The molecule has 118 valence electrons. The van der Waals surface area contributed by atoms with Gasteiger partial charge in [-0.2, -0.15) is 0 Å².